The fourth-order valence-electron chi connectivity index (χ4n) is 3.73. The van der Waals surface area contributed by atoms with Gasteiger partial charge in [-0.2, -0.15) is 0 Å². The van der Waals surface area contributed by atoms with Crippen LogP contribution in [0.2, 0.25) is 0 Å². The van der Waals surface area contributed by atoms with Crippen LogP contribution in [0.1, 0.15) is 39.5 Å². The summed E-state index contributed by atoms with van der Waals surface area (Å²) in [6.07, 6.45) is 7.56. The molecule has 0 atom stereocenters. The highest BCUT2D eigenvalue weighted by Crippen LogP contribution is 2.56. The fraction of sp³-hybridized carbons (Fsp3) is 0.867. The van der Waals surface area contributed by atoms with Gasteiger partial charge in [0.25, 0.3) is 0 Å². The molecule has 2 saturated heterocycles. The minimum absolute atomic E-state index is 0.0475. The molecule has 0 aromatic carbocycles. The zero-order valence-electron chi connectivity index (χ0n) is 11.9. The van der Waals surface area contributed by atoms with Gasteiger partial charge in [-0.25, -0.2) is 0 Å². The van der Waals surface area contributed by atoms with Crippen molar-refractivity contribution in [2.45, 2.75) is 45.7 Å². The fourth-order valence-corrected chi connectivity index (χ4v) is 3.73. The first kappa shape index (κ1) is 13.6. The highest BCUT2D eigenvalue weighted by molar-refractivity contribution is 5.18. The number of allylic oxidation sites excluding steroid dienone is 2. The van der Waals surface area contributed by atoms with Crippen LogP contribution >= 0.6 is 0 Å². The molecule has 2 heterocycles. The standard InChI is InChI=1S/C15H24O4/c1-3-13(4-2)7-5-8-14(13)11-18-15(19-12-14)16-9-6-10-17-15/h5,7H,3-4,6,8-12H2,1-2H3. The largest absolute Gasteiger partial charge is 0.412 e. The molecule has 0 bridgehead atoms. The first-order valence-electron chi connectivity index (χ1n) is 7.43. The summed E-state index contributed by atoms with van der Waals surface area (Å²) in [6, 6.07) is 0. The van der Waals surface area contributed by atoms with Crippen LogP contribution in [0, 0.1) is 10.8 Å². The molecule has 1 aliphatic carbocycles. The van der Waals surface area contributed by atoms with Gasteiger partial charge in [0, 0.05) is 5.41 Å². The highest BCUT2D eigenvalue weighted by atomic mass is 17.0. The summed E-state index contributed by atoms with van der Waals surface area (Å²) < 4.78 is 22.9. The molecule has 4 heteroatoms. The summed E-state index contributed by atoms with van der Waals surface area (Å²) in [6.45, 7) is 7.05. The SMILES string of the molecule is CCC1(CC)C=CCC12COC1(OCCCO1)OC2. The van der Waals surface area contributed by atoms with Crippen LogP contribution in [0.5, 0.6) is 0 Å². The third kappa shape index (κ3) is 1.97. The van der Waals surface area contributed by atoms with Crippen molar-refractivity contribution >= 4 is 0 Å². The van der Waals surface area contributed by atoms with Gasteiger partial charge in [0.15, 0.2) is 0 Å². The van der Waals surface area contributed by atoms with Crippen LogP contribution in [-0.2, 0) is 18.9 Å². The monoisotopic (exact) mass is 268 g/mol. The molecular formula is C15H24O4. The van der Waals surface area contributed by atoms with Crippen molar-refractivity contribution in [2.24, 2.45) is 10.8 Å². The summed E-state index contributed by atoms with van der Waals surface area (Å²) in [5.74, 6) is 0. The molecule has 0 unspecified atom stereocenters. The third-order valence-corrected chi connectivity index (χ3v) is 5.16. The molecule has 0 amide bonds. The molecule has 0 aromatic rings. The molecule has 0 radical (unpaired) electrons. The first-order valence-corrected chi connectivity index (χ1v) is 7.43. The zero-order valence-corrected chi connectivity index (χ0v) is 11.9. The van der Waals surface area contributed by atoms with Gasteiger partial charge in [0.05, 0.1) is 26.4 Å². The molecule has 2 fully saturated rings. The number of ether oxygens (including phenoxy) is 4. The van der Waals surface area contributed by atoms with Gasteiger partial charge in [0.2, 0.25) is 0 Å². The van der Waals surface area contributed by atoms with Gasteiger partial charge >= 0.3 is 6.16 Å². The maximum atomic E-state index is 5.90. The lowest BCUT2D eigenvalue weighted by Gasteiger charge is -2.51. The van der Waals surface area contributed by atoms with Crippen molar-refractivity contribution in [2.75, 3.05) is 26.4 Å². The molecular weight excluding hydrogens is 244 g/mol. The summed E-state index contributed by atoms with van der Waals surface area (Å²) in [5.41, 5.74) is 0.231. The van der Waals surface area contributed by atoms with E-state index in [2.05, 4.69) is 26.0 Å². The van der Waals surface area contributed by atoms with Crippen molar-refractivity contribution in [3.05, 3.63) is 12.2 Å². The van der Waals surface area contributed by atoms with E-state index in [0.29, 0.717) is 26.4 Å². The molecule has 2 aliphatic heterocycles. The molecule has 19 heavy (non-hydrogen) atoms. The van der Waals surface area contributed by atoms with Crippen LogP contribution in [0.15, 0.2) is 12.2 Å². The second kappa shape index (κ2) is 4.85. The Morgan fingerprint density at radius 3 is 2.16 bits per heavy atom. The number of hydrogen-bond acceptors (Lipinski definition) is 4. The normalized spacial score (nSPS) is 31.1. The van der Waals surface area contributed by atoms with E-state index in [4.69, 9.17) is 18.9 Å². The lowest BCUT2D eigenvalue weighted by Crippen LogP contribution is -2.58. The van der Waals surface area contributed by atoms with Crippen LogP contribution in [0.3, 0.4) is 0 Å². The van der Waals surface area contributed by atoms with Crippen LogP contribution in [-0.4, -0.2) is 32.6 Å². The van der Waals surface area contributed by atoms with Gasteiger partial charge in [0.1, 0.15) is 0 Å². The van der Waals surface area contributed by atoms with E-state index < -0.39 is 6.16 Å². The quantitative estimate of drug-likeness (QED) is 0.722. The van der Waals surface area contributed by atoms with Gasteiger partial charge in [-0.15, -0.1) is 0 Å². The van der Waals surface area contributed by atoms with E-state index in [9.17, 15) is 0 Å². The predicted octanol–water partition coefficient (Wildman–Crippen LogP) is 2.83. The van der Waals surface area contributed by atoms with E-state index >= 15 is 0 Å². The lowest BCUT2D eigenvalue weighted by atomic mass is 9.63. The molecule has 108 valence electrons. The van der Waals surface area contributed by atoms with Crippen LogP contribution in [0.4, 0.5) is 0 Å². The van der Waals surface area contributed by atoms with Crippen LogP contribution in [0.25, 0.3) is 0 Å². The average Bonchev–Trinajstić information content (AvgIpc) is 2.83. The Hall–Kier alpha value is -0.420. The number of hydrogen-bond donors (Lipinski definition) is 0. The van der Waals surface area contributed by atoms with E-state index in [-0.39, 0.29) is 10.8 Å². The Balaban J connectivity index is 1.75. The number of rotatable bonds is 2. The van der Waals surface area contributed by atoms with Gasteiger partial charge in [-0.3, -0.25) is 0 Å². The van der Waals surface area contributed by atoms with Gasteiger partial charge in [-0.1, -0.05) is 26.0 Å². The molecule has 2 spiro atoms. The van der Waals surface area contributed by atoms with E-state index in [1.165, 1.54) is 0 Å². The molecule has 0 N–H and O–H groups in total. The maximum Gasteiger partial charge on any atom is 0.412 e. The topological polar surface area (TPSA) is 36.9 Å². The maximum absolute atomic E-state index is 5.90. The highest BCUT2D eigenvalue weighted by Gasteiger charge is 2.57. The van der Waals surface area contributed by atoms with Gasteiger partial charge in [-0.05, 0) is 31.1 Å². The smallest absolute Gasteiger partial charge is 0.303 e. The Kier molecular flexibility index (Phi) is 3.46. The van der Waals surface area contributed by atoms with Crippen LogP contribution < -0.4 is 0 Å². The minimum Gasteiger partial charge on any atom is -0.303 e. The molecule has 0 aromatic heterocycles. The van der Waals surface area contributed by atoms with Crippen molar-refractivity contribution in [3.63, 3.8) is 0 Å². The average molecular weight is 268 g/mol. The van der Waals surface area contributed by atoms with Crippen molar-refractivity contribution in [3.8, 4) is 0 Å². The van der Waals surface area contributed by atoms with Crippen molar-refractivity contribution in [1.82, 2.24) is 0 Å². The summed E-state index contributed by atoms with van der Waals surface area (Å²) in [4.78, 5) is 0. The summed E-state index contributed by atoms with van der Waals surface area (Å²) in [7, 11) is 0. The Morgan fingerprint density at radius 2 is 1.58 bits per heavy atom. The Morgan fingerprint density at radius 1 is 0.947 bits per heavy atom. The zero-order chi connectivity index (χ0) is 13.4. The summed E-state index contributed by atoms with van der Waals surface area (Å²) in [5, 5.41) is 0. The van der Waals surface area contributed by atoms with E-state index in [1.807, 2.05) is 0 Å². The molecule has 4 nitrogen and oxygen atoms in total. The van der Waals surface area contributed by atoms with E-state index in [0.717, 1.165) is 25.7 Å². The second-order valence-electron chi connectivity index (χ2n) is 5.88. The molecule has 0 saturated carbocycles. The minimum atomic E-state index is -1.22. The Bertz CT molecular complexity index is 343. The molecule has 3 aliphatic rings. The second-order valence-corrected chi connectivity index (χ2v) is 5.88. The third-order valence-electron chi connectivity index (χ3n) is 5.16. The van der Waals surface area contributed by atoms with Crippen molar-refractivity contribution in [1.29, 1.82) is 0 Å². The van der Waals surface area contributed by atoms with E-state index in [1.54, 1.807) is 0 Å². The lowest BCUT2D eigenvalue weighted by molar-refractivity contribution is -0.539. The molecule has 3 rings (SSSR count). The van der Waals surface area contributed by atoms with Crippen molar-refractivity contribution < 1.29 is 18.9 Å². The predicted molar refractivity (Wildman–Crippen MR) is 70.4 cm³/mol. The van der Waals surface area contributed by atoms with Gasteiger partial charge < -0.3 is 18.9 Å². The first-order chi connectivity index (χ1) is 9.20. The summed E-state index contributed by atoms with van der Waals surface area (Å²) >= 11 is 0. The Labute approximate surface area is 115 Å².